The molecule has 3 heterocycles. The normalized spacial score (nSPS) is 11.8. The molecule has 0 spiro atoms. The van der Waals surface area contributed by atoms with Crippen molar-refractivity contribution >= 4 is 32.6 Å². The molecule has 0 N–H and O–H groups in total. The molecule has 0 atom stereocenters. The van der Waals surface area contributed by atoms with Crippen LogP contribution in [0.3, 0.4) is 0 Å². The van der Waals surface area contributed by atoms with E-state index in [1.54, 1.807) is 0 Å². The smallest absolute Gasteiger partial charge is 0.222 e. The lowest BCUT2D eigenvalue weighted by Gasteiger charge is -2.17. The first-order valence-corrected chi connectivity index (χ1v) is 11.2. The van der Waals surface area contributed by atoms with Crippen LogP contribution in [0.1, 0.15) is 0 Å². The van der Waals surface area contributed by atoms with Gasteiger partial charge in [-0.2, -0.15) is 0 Å². The lowest BCUT2D eigenvalue weighted by atomic mass is 10.0. The highest BCUT2D eigenvalue weighted by molar-refractivity contribution is 6.03. The van der Waals surface area contributed by atoms with Crippen LogP contribution in [0, 0.1) is 20.5 Å². The van der Waals surface area contributed by atoms with E-state index >= 15 is 0 Å². The van der Waals surface area contributed by atoms with Gasteiger partial charge in [0.05, 0.1) is 11.5 Å². The maximum absolute atomic E-state index is 8.49. The van der Waals surface area contributed by atoms with E-state index in [9.17, 15) is 0 Å². The van der Waals surface area contributed by atoms with Crippen molar-refractivity contribution in [2.24, 2.45) is 0 Å². The summed E-state index contributed by atoms with van der Waals surface area (Å²) >= 11 is 0. The zero-order valence-electron chi connectivity index (χ0n) is 16.0. The largest absolute Gasteiger partial charge is 0.418 e. The van der Waals surface area contributed by atoms with Crippen molar-refractivity contribution in [2.75, 3.05) is 0 Å². The van der Waals surface area contributed by atoms with Crippen molar-refractivity contribution in [1.82, 2.24) is 0 Å². The van der Waals surface area contributed by atoms with Crippen molar-refractivity contribution in [3.63, 3.8) is 0 Å². The zero-order valence-corrected chi connectivity index (χ0v) is 17.5. The lowest BCUT2D eigenvalue weighted by molar-refractivity contribution is -2.00. The number of halogens is 2. The molecule has 0 unspecified atom stereocenters. The van der Waals surface area contributed by atoms with E-state index in [0.29, 0.717) is 0 Å². The molecule has 166 valence electrons. The molecule has 10 nitrogen and oxygen atoms in total. The summed E-state index contributed by atoms with van der Waals surface area (Å²) in [5, 5.41) is 5.13. The summed E-state index contributed by atoms with van der Waals surface area (Å²) in [4.78, 5) is 0. The average molecular weight is 481 g/mol. The summed E-state index contributed by atoms with van der Waals surface area (Å²) in [6, 6.07) is 23.8. The quantitative estimate of drug-likeness (QED) is 0.118. The summed E-state index contributed by atoms with van der Waals surface area (Å²) < 4.78 is 72.3. The molecule has 5 rings (SSSR count). The minimum Gasteiger partial charge on any atom is -0.222 e. The Morgan fingerprint density at radius 2 is 1.09 bits per heavy atom. The van der Waals surface area contributed by atoms with E-state index in [0.717, 1.165) is 0 Å². The molecule has 0 aliphatic carbocycles. The summed E-state index contributed by atoms with van der Waals surface area (Å²) in [7, 11) is -9.89. The Bertz CT molecular complexity index is 1270. The van der Waals surface area contributed by atoms with Crippen LogP contribution in [0.5, 0.6) is 0 Å². The molecule has 0 radical (unpaired) electrons. The van der Waals surface area contributed by atoms with E-state index in [1.807, 2.05) is 6.07 Å². The Morgan fingerprint density at radius 1 is 0.531 bits per heavy atom. The first kappa shape index (κ1) is 23.9. The van der Waals surface area contributed by atoms with Crippen LogP contribution in [-0.4, -0.2) is 0 Å². The molecule has 0 fully saturated rings. The number of hydrogen-bond acceptors (Lipinski definition) is 8. The molecule has 32 heavy (non-hydrogen) atoms. The highest BCUT2D eigenvalue weighted by Crippen LogP contribution is 2.24. The number of rotatable bonds is 0. The fourth-order valence-corrected chi connectivity index (χ4v) is 3.22. The maximum Gasteiger partial charge on any atom is 0.418 e. The Kier molecular flexibility index (Phi) is 7.03. The Labute approximate surface area is 184 Å². The van der Waals surface area contributed by atoms with E-state index in [2.05, 4.69) is 88.2 Å². The predicted molar refractivity (Wildman–Crippen MR) is 87.8 cm³/mol. The Hall–Kier alpha value is -2.74. The molecular weight excluding hydrogens is 467 g/mol. The lowest BCUT2D eigenvalue weighted by Crippen LogP contribution is -2.68. The van der Waals surface area contributed by atoms with Gasteiger partial charge in [-0.3, -0.25) is 0 Å². The van der Waals surface area contributed by atoms with Crippen molar-refractivity contribution in [3.8, 4) is 0 Å². The average Bonchev–Trinajstić information content (AvgIpc) is 2.68. The van der Waals surface area contributed by atoms with Crippen LogP contribution < -0.4 is 46.1 Å². The highest BCUT2D eigenvalue weighted by atomic mass is 35.7. The van der Waals surface area contributed by atoms with Gasteiger partial charge >= 0.3 is 6.33 Å². The molecule has 3 aromatic heterocycles. The van der Waals surface area contributed by atoms with Crippen molar-refractivity contribution < 1.29 is 66.6 Å². The van der Waals surface area contributed by atoms with Gasteiger partial charge in [0.25, 0.3) is 0 Å². The number of nitrogens with zero attached hydrogens (tertiary/aromatic N) is 2. The molecular formula is C20H14Cl2N2O8. The number of pyridine rings is 2. The number of benzene rings is 2. The SMILES string of the molecule is [O-][Cl+3]([O-])([O-])[O-].[O-][Cl+3]([O-])([O-])[O-].c1ccc2cc3c(cc[n+]4c[n+]5ccccc5cc34)cc2c1. The topological polar surface area (TPSA) is 193 Å². The van der Waals surface area contributed by atoms with E-state index in [-0.39, 0.29) is 0 Å². The van der Waals surface area contributed by atoms with Crippen molar-refractivity contribution in [3.05, 3.63) is 85.5 Å². The molecule has 0 bridgehead atoms. The second-order valence-electron chi connectivity index (χ2n) is 6.44. The molecule has 0 saturated heterocycles. The fourth-order valence-electron chi connectivity index (χ4n) is 3.22. The van der Waals surface area contributed by atoms with Crippen molar-refractivity contribution in [1.29, 1.82) is 0 Å². The number of fused-ring (bicyclic) bond motifs is 5. The molecule has 0 aliphatic heterocycles. The predicted octanol–water partition coefficient (Wildman–Crippen LogP) is -6.04. The molecule has 12 heteroatoms. The molecule has 0 saturated carbocycles. The van der Waals surface area contributed by atoms with Crippen LogP contribution in [0.25, 0.3) is 32.6 Å². The summed E-state index contributed by atoms with van der Waals surface area (Å²) in [6.07, 6.45) is 6.33. The Balaban J connectivity index is 0.000000246. The molecule has 0 aliphatic rings. The summed E-state index contributed by atoms with van der Waals surface area (Å²) in [5.74, 6) is 0. The van der Waals surface area contributed by atoms with Gasteiger partial charge in [0.1, 0.15) is 0 Å². The number of aromatic nitrogens is 2. The maximum atomic E-state index is 8.49. The van der Waals surface area contributed by atoms with Gasteiger partial charge in [-0.1, -0.05) is 24.3 Å². The minimum absolute atomic E-state index is 1.20. The Morgan fingerprint density at radius 3 is 1.72 bits per heavy atom. The fraction of sp³-hybridized carbons (Fsp3) is 0. The van der Waals surface area contributed by atoms with Crippen LogP contribution in [0.4, 0.5) is 0 Å². The first-order chi connectivity index (χ1) is 14.9. The second-order valence-corrected chi connectivity index (χ2v) is 7.96. The second kappa shape index (κ2) is 9.40. The third kappa shape index (κ3) is 6.88. The highest BCUT2D eigenvalue weighted by Gasteiger charge is 2.14. The van der Waals surface area contributed by atoms with E-state index in [4.69, 9.17) is 37.3 Å². The van der Waals surface area contributed by atoms with E-state index < -0.39 is 20.5 Å². The van der Waals surface area contributed by atoms with Crippen LogP contribution in [-0.2, 0) is 0 Å². The van der Waals surface area contributed by atoms with Gasteiger partial charge in [-0.25, -0.2) is 37.3 Å². The van der Waals surface area contributed by atoms with Gasteiger partial charge in [-0.15, -0.1) is 29.3 Å². The molecule has 0 amide bonds. The third-order valence-corrected chi connectivity index (χ3v) is 4.34. The van der Waals surface area contributed by atoms with Gasteiger partial charge in [-0.05, 0) is 34.4 Å². The van der Waals surface area contributed by atoms with Crippen LogP contribution >= 0.6 is 0 Å². The standard InChI is InChI=1S/C20H14N2.2ClHO4/c1-2-6-16-12-19-17(11-15(16)5-1)8-10-22-14-21-9-4-3-7-18(21)13-20(19)22;2*2-1(3,4)5/h1-14H;2*(H,2,3,4,5)/q+2;;/p-2. The van der Waals surface area contributed by atoms with E-state index in [1.165, 1.54) is 32.6 Å². The first-order valence-electron chi connectivity index (χ1n) is 8.68. The summed E-state index contributed by atoms with van der Waals surface area (Å²) in [5.41, 5.74) is 2.43. The summed E-state index contributed by atoms with van der Waals surface area (Å²) in [6.45, 7) is 0. The molecule has 2 aromatic carbocycles. The van der Waals surface area contributed by atoms with Crippen molar-refractivity contribution in [2.45, 2.75) is 0 Å². The monoisotopic (exact) mass is 480 g/mol. The van der Waals surface area contributed by atoms with Gasteiger partial charge in [0, 0.05) is 18.2 Å². The number of hydrogen-bond donors (Lipinski definition) is 0. The van der Waals surface area contributed by atoms with Gasteiger partial charge in [0.15, 0.2) is 12.4 Å². The van der Waals surface area contributed by atoms with Crippen LogP contribution in [0.2, 0.25) is 0 Å². The van der Waals surface area contributed by atoms with Gasteiger partial charge in [0.2, 0.25) is 11.0 Å². The van der Waals surface area contributed by atoms with Crippen LogP contribution in [0.15, 0.2) is 85.5 Å². The third-order valence-electron chi connectivity index (χ3n) is 4.34. The molecule has 5 aromatic rings. The zero-order chi connectivity index (χ0) is 23.5. The minimum atomic E-state index is -4.94. The van der Waals surface area contributed by atoms with Gasteiger partial charge < -0.3 is 0 Å².